The summed E-state index contributed by atoms with van der Waals surface area (Å²) in [5, 5.41) is 2.20. The van der Waals surface area contributed by atoms with Crippen LogP contribution in [0.15, 0.2) is 29.9 Å². The molecule has 0 radical (unpaired) electrons. The van der Waals surface area contributed by atoms with Crippen LogP contribution in [0.1, 0.15) is 15.2 Å². The quantitative estimate of drug-likeness (QED) is 0.834. The lowest BCUT2D eigenvalue weighted by molar-refractivity contribution is -0.136. The summed E-state index contributed by atoms with van der Waals surface area (Å²) in [6.07, 6.45) is -3.31. The Labute approximate surface area is 110 Å². The van der Waals surface area contributed by atoms with E-state index >= 15 is 0 Å². The van der Waals surface area contributed by atoms with E-state index in [1.165, 1.54) is 17.8 Å². The van der Waals surface area contributed by atoms with Gasteiger partial charge in [-0.25, -0.2) is 0 Å². The molecule has 1 heterocycles. The highest BCUT2D eigenvalue weighted by Gasteiger charge is 2.34. The fraction of sp³-hybridized carbons (Fsp3) is 0.0909. The van der Waals surface area contributed by atoms with Crippen molar-refractivity contribution in [2.45, 2.75) is 6.18 Å². The molecular formula is C11H8F3N3OS. The highest BCUT2D eigenvalue weighted by Crippen LogP contribution is 2.36. The molecule has 1 amide bonds. The minimum atomic E-state index is -4.59. The summed E-state index contributed by atoms with van der Waals surface area (Å²) >= 11 is 1.04. The number of nitrogens with one attached hydrogen (secondary N) is 1. The van der Waals surface area contributed by atoms with E-state index < -0.39 is 17.6 Å². The Morgan fingerprint density at radius 1 is 1.37 bits per heavy atom. The third-order valence-corrected chi connectivity index (χ3v) is 3.03. The van der Waals surface area contributed by atoms with Crippen molar-refractivity contribution >= 4 is 28.6 Å². The summed E-state index contributed by atoms with van der Waals surface area (Å²) in [7, 11) is 0. The average molecular weight is 287 g/mol. The number of rotatable bonds is 2. The lowest BCUT2D eigenvalue weighted by Gasteiger charge is -2.13. The van der Waals surface area contributed by atoms with Gasteiger partial charge in [0.25, 0.3) is 5.91 Å². The SMILES string of the molecule is Nc1ccc(NC(=O)c2cncs2)c(C(F)(F)F)c1. The summed E-state index contributed by atoms with van der Waals surface area (Å²) in [4.78, 5) is 15.6. The van der Waals surface area contributed by atoms with Crippen LogP contribution in [0.3, 0.4) is 0 Å². The molecule has 0 aliphatic carbocycles. The summed E-state index contributed by atoms with van der Waals surface area (Å²) in [5.41, 5.74) is 5.41. The Balaban J connectivity index is 2.33. The third kappa shape index (κ3) is 3.02. The van der Waals surface area contributed by atoms with Crippen LogP contribution in [-0.4, -0.2) is 10.9 Å². The summed E-state index contributed by atoms with van der Waals surface area (Å²) in [5.74, 6) is -0.641. The molecule has 2 aromatic rings. The van der Waals surface area contributed by atoms with Crippen molar-refractivity contribution in [2.75, 3.05) is 11.1 Å². The van der Waals surface area contributed by atoms with E-state index in [9.17, 15) is 18.0 Å². The monoisotopic (exact) mass is 287 g/mol. The predicted molar refractivity (Wildman–Crippen MR) is 65.9 cm³/mol. The zero-order valence-corrected chi connectivity index (χ0v) is 10.2. The average Bonchev–Trinajstić information content (AvgIpc) is 2.83. The van der Waals surface area contributed by atoms with E-state index in [4.69, 9.17) is 5.73 Å². The van der Waals surface area contributed by atoms with E-state index in [0.717, 1.165) is 23.5 Å². The zero-order chi connectivity index (χ0) is 14.0. The van der Waals surface area contributed by atoms with Gasteiger partial charge in [0.2, 0.25) is 0 Å². The van der Waals surface area contributed by atoms with Crippen molar-refractivity contribution in [1.82, 2.24) is 4.98 Å². The second-order valence-corrected chi connectivity index (χ2v) is 4.51. The second-order valence-electron chi connectivity index (χ2n) is 3.62. The van der Waals surface area contributed by atoms with E-state index in [1.807, 2.05) is 0 Å². The number of anilines is 2. The Hall–Kier alpha value is -2.09. The zero-order valence-electron chi connectivity index (χ0n) is 9.36. The van der Waals surface area contributed by atoms with Crippen LogP contribution in [-0.2, 0) is 6.18 Å². The van der Waals surface area contributed by atoms with Crippen LogP contribution in [0.4, 0.5) is 24.5 Å². The lowest BCUT2D eigenvalue weighted by atomic mass is 10.1. The Bertz CT molecular complexity index is 596. The fourth-order valence-electron chi connectivity index (χ4n) is 1.42. The van der Waals surface area contributed by atoms with E-state index in [0.29, 0.717) is 0 Å². The van der Waals surface area contributed by atoms with E-state index in [2.05, 4.69) is 10.3 Å². The van der Waals surface area contributed by atoms with Gasteiger partial charge in [-0.1, -0.05) is 0 Å². The van der Waals surface area contributed by atoms with Crippen LogP contribution < -0.4 is 11.1 Å². The first kappa shape index (κ1) is 13.3. The maximum absolute atomic E-state index is 12.8. The highest BCUT2D eigenvalue weighted by molar-refractivity contribution is 7.11. The van der Waals surface area contributed by atoms with Crippen LogP contribution in [0, 0.1) is 0 Å². The van der Waals surface area contributed by atoms with Crippen LogP contribution >= 0.6 is 11.3 Å². The summed E-state index contributed by atoms with van der Waals surface area (Å²) < 4.78 is 38.4. The van der Waals surface area contributed by atoms with Crippen molar-refractivity contribution in [3.63, 3.8) is 0 Å². The number of hydrogen-bond acceptors (Lipinski definition) is 4. The Kier molecular flexibility index (Phi) is 3.43. The smallest absolute Gasteiger partial charge is 0.399 e. The van der Waals surface area contributed by atoms with Crippen LogP contribution in [0.5, 0.6) is 0 Å². The number of carbonyl (C=O) groups is 1. The molecule has 0 unspecified atom stereocenters. The normalized spacial score (nSPS) is 11.3. The molecule has 2 rings (SSSR count). The molecule has 0 spiro atoms. The molecule has 8 heteroatoms. The Morgan fingerprint density at radius 2 is 2.11 bits per heavy atom. The van der Waals surface area contributed by atoms with Gasteiger partial charge in [-0.05, 0) is 18.2 Å². The van der Waals surface area contributed by atoms with Crippen molar-refractivity contribution in [3.8, 4) is 0 Å². The molecule has 100 valence electrons. The number of hydrogen-bond donors (Lipinski definition) is 2. The maximum atomic E-state index is 12.8. The molecule has 1 aromatic carbocycles. The standard InChI is InChI=1S/C11H8F3N3OS/c12-11(13,14)7-3-6(15)1-2-8(7)17-10(18)9-4-16-5-19-9/h1-5H,15H2,(H,17,18). The molecule has 4 nitrogen and oxygen atoms in total. The number of thiazole rings is 1. The lowest BCUT2D eigenvalue weighted by Crippen LogP contribution is -2.16. The van der Waals surface area contributed by atoms with Gasteiger partial charge in [-0.2, -0.15) is 13.2 Å². The number of nitrogens with two attached hydrogens (primary N) is 1. The number of nitrogens with zero attached hydrogens (tertiary/aromatic N) is 1. The molecule has 0 saturated heterocycles. The second kappa shape index (κ2) is 4.88. The molecule has 0 fully saturated rings. The maximum Gasteiger partial charge on any atom is 0.418 e. The number of alkyl halides is 3. The van der Waals surface area contributed by atoms with Gasteiger partial charge in [0.05, 0.1) is 23.0 Å². The van der Waals surface area contributed by atoms with Crippen molar-refractivity contribution in [2.24, 2.45) is 0 Å². The minimum absolute atomic E-state index is 0.0249. The largest absolute Gasteiger partial charge is 0.418 e. The molecule has 0 aliphatic heterocycles. The van der Waals surface area contributed by atoms with Gasteiger partial charge in [0.1, 0.15) is 4.88 Å². The van der Waals surface area contributed by atoms with Crippen molar-refractivity contribution in [1.29, 1.82) is 0 Å². The van der Waals surface area contributed by atoms with Gasteiger partial charge in [0.15, 0.2) is 0 Å². The van der Waals surface area contributed by atoms with Gasteiger partial charge in [-0.3, -0.25) is 9.78 Å². The van der Waals surface area contributed by atoms with Gasteiger partial charge >= 0.3 is 6.18 Å². The number of halogens is 3. The molecular weight excluding hydrogens is 279 g/mol. The molecule has 3 N–H and O–H groups in total. The van der Waals surface area contributed by atoms with Crippen molar-refractivity contribution in [3.05, 3.63) is 40.3 Å². The summed E-state index contributed by atoms with van der Waals surface area (Å²) in [6.45, 7) is 0. The van der Waals surface area contributed by atoms with Crippen LogP contribution in [0.2, 0.25) is 0 Å². The van der Waals surface area contributed by atoms with Crippen molar-refractivity contribution < 1.29 is 18.0 Å². The number of amides is 1. The molecule has 0 bridgehead atoms. The van der Waals surface area contributed by atoms with Crippen LogP contribution in [0.25, 0.3) is 0 Å². The first-order valence-electron chi connectivity index (χ1n) is 5.04. The van der Waals surface area contributed by atoms with E-state index in [1.54, 1.807) is 0 Å². The number of benzene rings is 1. The number of aromatic nitrogens is 1. The van der Waals surface area contributed by atoms with E-state index in [-0.39, 0.29) is 16.3 Å². The molecule has 0 atom stereocenters. The summed E-state index contributed by atoms with van der Waals surface area (Å²) in [6, 6.07) is 3.19. The third-order valence-electron chi connectivity index (χ3n) is 2.25. The van der Waals surface area contributed by atoms with Gasteiger partial charge in [0, 0.05) is 5.69 Å². The fourth-order valence-corrected chi connectivity index (χ4v) is 1.93. The first-order chi connectivity index (χ1) is 8.88. The Morgan fingerprint density at radius 3 is 2.68 bits per heavy atom. The van der Waals surface area contributed by atoms with Gasteiger partial charge < -0.3 is 11.1 Å². The first-order valence-corrected chi connectivity index (χ1v) is 5.92. The van der Waals surface area contributed by atoms with Gasteiger partial charge in [-0.15, -0.1) is 11.3 Å². The number of carbonyl (C=O) groups excluding carboxylic acids is 1. The topological polar surface area (TPSA) is 68.0 Å². The highest BCUT2D eigenvalue weighted by atomic mass is 32.1. The molecule has 0 aliphatic rings. The predicted octanol–water partition coefficient (Wildman–Crippen LogP) is 3.00. The number of nitrogen functional groups attached to an aromatic ring is 1. The molecule has 1 aromatic heterocycles. The molecule has 0 saturated carbocycles. The molecule has 19 heavy (non-hydrogen) atoms. The minimum Gasteiger partial charge on any atom is -0.399 e.